The van der Waals surface area contributed by atoms with Crippen molar-refractivity contribution in [3.05, 3.63) is 47.5 Å². The fourth-order valence-electron chi connectivity index (χ4n) is 2.44. The number of fused-ring (bicyclic) bond motifs is 2. The number of carbonyl (C=O) groups is 2. The van der Waals surface area contributed by atoms with Gasteiger partial charge in [0, 0.05) is 11.6 Å². The zero-order valence-electron chi connectivity index (χ0n) is 13.5. The molecule has 1 aliphatic rings. The van der Waals surface area contributed by atoms with Gasteiger partial charge in [-0.3, -0.25) is 9.59 Å². The van der Waals surface area contributed by atoms with E-state index in [2.05, 4.69) is 15.6 Å². The molecule has 27 heavy (non-hydrogen) atoms. The Morgan fingerprint density at radius 2 is 1.89 bits per heavy atom. The van der Waals surface area contributed by atoms with Gasteiger partial charge in [0.15, 0.2) is 28.3 Å². The van der Waals surface area contributed by atoms with Crippen molar-refractivity contribution in [3.8, 4) is 11.5 Å². The molecule has 0 spiro atoms. The lowest BCUT2D eigenvalue weighted by molar-refractivity contribution is -0.115. The number of aromatic nitrogens is 1. The Morgan fingerprint density at radius 1 is 1.11 bits per heavy atom. The van der Waals surface area contributed by atoms with Crippen LogP contribution in [0.2, 0.25) is 0 Å². The molecule has 0 saturated heterocycles. The van der Waals surface area contributed by atoms with Crippen LogP contribution in [0.1, 0.15) is 10.4 Å². The smallest absolute Gasteiger partial charge is 0.251 e. The number of amides is 2. The third kappa shape index (κ3) is 3.51. The lowest BCUT2D eigenvalue weighted by atomic mass is 10.2. The molecule has 0 saturated carbocycles. The number of nitrogens with one attached hydrogen (secondary N) is 2. The van der Waals surface area contributed by atoms with E-state index in [-0.39, 0.29) is 24.0 Å². The van der Waals surface area contributed by atoms with Crippen molar-refractivity contribution in [1.82, 2.24) is 10.3 Å². The number of anilines is 1. The summed E-state index contributed by atoms with van der Waals surface area (Å²) in [7, 11) is 0. The highest BCUT2D eigenvalue weighted by Gasteiger charge is 2.17. The molecule has 2 aromatic carbocycles. The first-order chi connectivity index (χ1) is 13.0. The highest BCUT2D eigenvalue weighted by atomic mass is 32.1. The zero-order valence-corrected chi connectivity index (χ0v) is 14.4. The standard InChI is InChI=1S/C17H11F2N3O4S/c18-9-4-11-14(5-10(9)19)27-17(21-11)22-15(23)6-20-16(24)8-1-2-12-13(3-8)26-7-25-12/h1-5H,6-7H2,(H,20,24)(H,21,22,23). The van der Waals surface area contributed by atoms with E-state index in [1.165, 1.54) is 6.07 Å². The molecule has 138 valence electrons. The molecule has 2 amide bonds. The van der Waals surface area contributed by atoms with Crippen molar-refractivity contribution < 1.29 is 27.8 Å². The van der Waals surface area contributed by atoms with Crippen LogP contribution < -0.4 is 20.1 Å². The molecule has 1 aromatic heterocycles. The average Bonchev–Trinajstić information content (AvgIpc) is 3.25. The van der Waals surface area contributed by atoms with Crippen LogP contribution in [0.15, 0.2) is 30.3 Å². The Bertz CT molecular complexity index is 1030. The number of ether oxygens (including phenoxy) is 2. The van der Waals surface area contributed by atoms with Crippen LogP contribution in [0.3, 0.4) is 0 Å². The minimum Gasteiger partial charge on any atom is -0.454 e. The summed E-state index contributed by atoms with van der Waals surface area (Å²) in [4.78, 5) is 28.1. The Morgan fingerprint density at radius 3 is 2.74 bits per heavy atom. The van der Waals surface area contributed by atoms with E-state index in [4.69, 9.17) is 9.47 Å². The average molecular weight is 391 g/mol. The summed E-state index contributed by atoms with van der Waals surface area (Å²) in [6.45, 7) is -0.204. The molecule has 4 rings (SSSR count). The maximum absolute atomic E-state index is 13.2. The first-order valence-corrected chi connectivity index (χ1v) is 8.54. The van der Waals surface area contributed by atoms with Gasteiger partial charge in [0.05, 0.1) is 16.8 Å². The van der Waals surface area contributed by atoms with E-state index < -0.39 is 23.4 Å². The third-order valence-corrected chi connectivity index (χ3v) is 4.65. The van der Waals surface area contributed by atoms with Crippen molar-refractivity contribution in [2.24, 2.45) is 0 Å². The van der Waals surface area contributed by atoms with Crippen LogP contribution >= 0.6 is 11.3 Å². The maximum Gasteiger partial charge on any atom is 0.251 e. The van der Waals surface area contributed by atoms with Gasteiger partial charge in [-0.25, -0.2) is 13.8 Å². The number of rotatable bonds is 4. The minimum absolute atomic E-state index is 0.0960. The van der Waals surface area contributed by atoms with E-state index in [0.29, 0.717) is 21.8 Å². The Labute approximate surface area is 154 Å². The van der Waals surface area contributed by atoms with Gasteiger partial charge in [-0.05, 0) is 24.3 Å². The van der Waals surface area contributed by atoms with Crippen LogP contribution in [0, 0.1) is 11.6 Å². The lowest BCUT2D eigenvalue weighted by Gasteiger charge is -2.05. The molecule has 3 aromatic rings. The maximum atomic E-state index is 13.2. The Kier molecular flexibility index (Phi) is 4.32. The van der Waals surface area contributed by atoms with Crippen molar-refractivity contribution in [3.63, 3.8) is 0 Å². The van der Waals surface area contributed by atoms with Crippen LogP contribution in [-0.2, 0) is 4.79 Å². The van der Waals surface area contributed by atoms with Crippen LogP contribution in [0.25, 0.3) is 10.2 Å². The zero-order chi connectivity index (χ0) is 19.0. The number of benzene rings is 2. The number of nitrogens with zero attached hydrogens (tertiary/aromatic N) is 1. The van der Waals surface area contributed by atoms with Gasteiger partial charge in [0.2, 0.25) is 12.7 Å². The molecule has 0 atom stereocenters. The molecule has 0 fully saturated rings. The van der Waals surface area contributed by atoms with Crippen molar-refractivity contribution in [2.45, 2.75) is 0 Å². The number of thiazole rings is 1. The van der Waals surface area contributed by atoms with Crippen molar-refractivity contribution in [1.29, 1.82) is 0 Å². The number of halogens is 2. The molecular formula is C17H11F2N3O4S. The second kappa shape index (κ2) is 6.80. The molecule has 2 heterocycles. The normalized spacial score (nSPS) is 12.2. The molecule has 0 aliphatic carbocycles. The van der Waals surface area contributed by atoms with Gasteiger partial charge >= 0.3 is 0 Å². The Hall–Kier alpha value is -3.27. The number of hydrogen-bond acceptors (Lipinski definition) is 6. The second-order valence-corrected chi connectivity index (χ2v) is 6.58. The molecule has 0 unspecified atom stereocenters. The molecule has 7 nitrogen and oxygen atoms in total. The van der Waals surface area contributed by atoms with Crippen LogP contribution in [0.4, 0.5) is 13.9 Å². The van der Waals surface area contributed by atoms with Crippen LogP contribution in [0.5, 0.6) is 11.5 Å². The summed E-state index contributed by atoms with van der Waals surface area (Å²) < 4.78 is 37.2. The van der Waals surface area contributed by atoms with Gasteiger partial charge in [-0.15, -0.1) is 0 Å². The van der Waals surface area contributed by atoms with Gasteiger partial charge in [0.25, 0.3) is 5.91 Å². The first-order valence-electron chi connectivity index (χ1n) is 7.73. The highest BCUT2D eigenvalue weighted by Crippen LogP contribution is 2.32. The van der Waals surface area contributed by atoms with Gasteiger partial charge in [0.1, 0.15) is 0 Å². The van der Waals surface area contributed by atoms with E-state index >= 15 is 0 Å². The number of carbonyl (C=O) groups excluding carboxylic acids is 2. The quantitative estimate of drug-likeness (QED) is 0.714. The topological polar surface area (TPSA) is 89.6 Å². The fourth-order valence-corrected chi connectivity index (χ4v) is 3.33. The predicted molar refractivity (Wildman–Crippen MR) is 93.1 cm³/mol. The van der Waals surface area contributed by atoms with E-state index in [1.807, 2.05) is 0 Å². The fraction of sp³-hybridized carbons (Fsp3) is 0.118. The summed E-state index contributed by atoms with van der Waals surface area (Å²) in [6.07, 6.45) is 0. The molecule has 0 bridgehead atoms. The Balaban J connectivity index is 1.37. The predicted octanol–water partition coefficient (Wildman–Crippen LogP) is 2.67. The summed E-state index contributed by atoms with van der Waals surface area (Å²) in [5, 5.41) is 5.13. The molecule has 2 N–H and O–H groups in total. The van der Waals surface area contributed by atoms with Gasteiger partial charge < -0.3 is 20.1 Å². The summed E-state index contributed by atoms with van der Waals surface area (Å²) in [5.41, 5.74) is 0.552. The van der Waals surface area contributed by atoms with E-state index in [1.54, 1.807) is 12.1 Å². The van der Waals surface area contributed by atoms with Crippen molar-refractivity contribution >= 4 is 38.5 Å². The third-order valence-electron chi connectivity index (χ3n) is 3.72. The molecule has 1 aliphatic heterocycles. The highest BCUT2D eigenvalue weighted by molar-refractivity contribution is 7.22. The summed E-state index contributed by atoms with van der Waals surface area (Å²) in [6, 6.07) is 6.65. The monoisotopic (exact) mass is 391 g/mol. The first kappa shape index (κ1) is 17.2. The number of hydrogen-bond donors (Lipinski definition) is 2. The van der Waals surface area contributed by atoms with E-state index in [9.17, 15) is 18.4 Å². The lowest BCUT2D eigenvalue weighted by Crippen LogP contribution is -2.32. The minimum atomic E-state index is -1.01. The van der Waals surface area contributed by atoms with Gasteiger partial charge in [-0.2, -0.15) is 0 Å². The van der Waals surface area contributed by atoms with Gasteiger partial charge in [-0.1, -0.05) is 11.3 Å². The SMILES string of the molecule is O=C(CNC(=O)c1ccc2c(c1)OCO2)Nc1nc2cc(F)c(F)cc2s1. The molecule has 10 heteroatoms. The molecular weight excluding hydrogens is 380 g/mol. The molecule has 0 radical (unpaired) electrons. The summed E-state index contributed by atoms with van der Waals surface area (Å²) in [5.74, 6) is -1.98. The van der Waals surface area contributed by atoms with E-state index in [0.717, 1.165) is 23.5 Å². The van der Waals surface area contributed by atoms with Crippen LogP contribution in [-0.4, -0.2) is 30.1 Å². The summed E-state index contributed by atoms with van der Waals surface area (Å²) >= 11 is 1.000. The van der Waals surface area contributed by atoms with Crippen molar-refractivity contribution in [2.75, 3.05) is 18.7 Å². The largest absolute Gasteiger partial charge is 0.454 e. The second-order valence-electron chi connectivity index (χ2n) is 5.55.